The highest BCUT2D eigenvalue weighted by Gasteiger charge is 2.21. The molecule has 0 aliphatic heterocycles. The van der Waals surface area contributed by atoms with Gasteiger partial charge in [0.2, 0.25) is 5.91 Å². The monoisotopic (exact) mass is 358 g/mol. The Morgan fingerprint density at radius 2 is 1.93 bits per heavy atom. The number of nitrogens with one attached hydrogen (secondary N) is 1. The number of benzene rings is 3. The van der Waals surface area contributed by atoms with Crippen molar-refractivity contribution in [2.75, 3.05) is 0 Å². The van der Waals surface area contributed by atoms with Crippen LogP contribution in [0.5, 0.6) is 5.75 Å². The number of phenols is 1. The Morgan fingerprint density at radius 3 is 2.81 bits per heavy atom. The minimum absolute atomic E-state index is 0.127. The maximum absolute atomic E-state index is 12.5. The molecule has 0 radical (unpaired) electrons. The van der Waals surface area contributed by atoms with E-state index < -0.39 is 0 Å². The van der Waals surface area contributed by atoms with Gasteiger partial charge in [-0.25, -0.2) is 5.43 Å². The zero-order valence-corrected chi connectivity index (χ0v) is 15.3. The highest BCUT2D eigenvalue weighted by atomic mass is 16.3. The number of carbonyl (C=O) groups excluding carboxylic acids is 1. The summed E-state index contributed by atoms with van der Waals surface area (Å²) >= 11 is 0. The number of nitrogens with zero attached hydrogens (tertiary/aromatic N) is 1. The molecule has 4 heteroatoms. The van der Waals surface area contributed by atoms with Crippen LogP contribution in [-0.4, -0.2) is 16.7 Å². The summed E-state index contributed by atoms with van der Waals surface area (Å²) in [5, 5.41) is 16.4. The number of fused-ring (bicyclic) bond motifs is 2. The summed E-state index contributed by atoms with van der Waals surface area (Å²) < 4.78 is 0. The summed E-state index contributed by atoms with van der Waals surface area (Å²) in [6, 6.07) is 19.4. The molecular weight excluding hydrogens is 336 g/mol. The molecule has 0 bridgehead atoms. The summed E-state index contributed by atoms with van der Waals surface area (Å²) in [6.07, 6.45) is 2.01. The molecule has 1 amide bonds. The third kappa shape index (κ3) is 3.70. The Labute approximate surface area is 158 Å². The molecular formula is C23H22N2O2. The fourth-order valence-electron chi connectivity index (χ4n) is 3.81. The van der Waals surface area contributed by atoms with Gasteiger partial charge in [-0.15, -0.1) is 0 Å². The first-order valence-corrected chi connectivity index (χ1v) is 9.24. The summed E-state index contributed by atoms with van der Waals surface area (Å²) in [5.74, 6) is 0.563. The lowest BCUT2D eigenvalue weighted by Gasteiger charge is -2.23. The molecule has 0 aromatic heterocycles. The molecule has 4 nitrogen and oxygen atoms in total. The summed E-state index contributed by atoms with van der Waals surface area (Å²) in [7, 11) is 0. The van der Waals surface area contributed by atoms with Gasteiger partial charge in [0.05, 0.1) is 12.1 Å². The maximum atomic E-state index is 12.5. The number of rotatable bonds is 3. The molecule has 1 aliphatic rings. The largest absolute Gasteiger partial charge is 0.508 e. The highest BCUT2D eigenvalue weighted by Crippen LogP contribution is 2.28. The van der Waals surface area contributed by atoms with Crippen molar-refractivity contribution in [2.24, 2.45) is 11.0 Å². The van der Waals surface area contributed by atoms with Crippen LogP contribution in [0, 0.1) is 5.92 Å². The Morgan fingerprint density at radius 1 is 1.11 bits per heavy atom. The molecule has 0 spiro atoms. The second kappa shape index (κ2) is 7.23. The van der Waals surface area contributed by atoms with Crippen molar-refractivity contribution in [1.82, 2.24) is 5.43 Å². The molecule has 3 aromatic carbocycles. The van der Waals surface area contributed by atoms with Gasteiger partial charge in [-0.2, -0.15) is 5.10 Å². The average molecular weight is 358 g/mol. The van der Waals surface area contributed by atoms with Crippen molar-refractivity contribution >= 4 is 22.4 Å². The minimum Gasteiger partial charge on any atom is -0.508 e. The molecule has 0 saturated heterocycles. The fraction of sp³-hybridized carbons (Fsp3) is 0.217. The highest BCUT2D eigenvalue weighted by molar-refractivity contribution is 6.03. The molecule has 2 N–H and O–H groups in total. The van der Waals surface area contributed by atoms with Crippen molar-refractivity contribution in [2.45, 2.75) is 26.2 Å². The molecule has 0 unspecified atom stereocenters. The Bertz CT molecular complexity index is 1030. The van der Waals surface area contributed by atoms with Gasteiger partial charge in [0.15, 0.2) is 0 Å². The van der Waals surface area contributed by atoms with Gasteiger partial charge in [0, 0.05) is 5.56 Å². The molecule has 0 heterocycles. The fourth-order valence-corrected chi connectivity index (χ4v) is 3.81. The zero-order valence-electron chi connectivity index (χ0n) is 15.3. The molecule has 4 rings (SSSR count). The zero-order chi connectivity index (χ0) is 18.8. The van der Waals surface area contributed by atoms with E-state index in [1.165, 1.54) is 0 Å². The molecule has 3 aromatic rings. The van der Waals surface area contributed by atoms with Crippen molar-refractivity contribution in [1.29, 1.82) is 0 Å². The number of hydrogen-bond acceptors (Lipinski definition) is 3. The van der Waals surface area contributed by atoms with E-state index in [2.05, 4.69) is 17.5 Å². The number of carbonyl (C=O) groups is 1. The van der Waals surface area contributed by atoms with Crippen LogP contribution in [0.25, 0.3) is 10.8 Å². The van der Waals surface area contributed by atoms with E-state index in [1.807, 2.05) is 48.5 Å². The smallest absolute Gasteiger partial charge is 0.244 e. The van der Waals surface area contributed by atoms with Gasteiger partial charge in [-0.05, 0) is 58.9 Å². The molecule has 0 saturated carbocycles. The predicted octanol–water partition coefficient (Wildman–Crippen LogP) is 4.19. The minimum atomic E-state index is -0.127. The van der Waals surface area contributed by atoms with Crippen LogP contribution in [-0.2, 0) is 17.6 Å². The van der Waals surface area contributed by atoms with E-state index in [0.29, 0.717) is 5.92 Å². The van der Waals surface area contributed by atoms with Crippen LogP contribution in [0.3, 0.4) is 0 Å². The van der Waals surface area contributed by atoms with Gasteiger partial charge in [0.25, 0.3) is 0 Å². The van der Waals surface area contributed by atoms with E-state index in [9.17, 15) is 9.90 Å². The SMILES string of the molecule is C[C@@H]1CC(=NNC(=O)Cc2cccc3ccccc23)c2ccc(O)cc2C1. The number of hydrazone groups is 1. The topological polar surface area (TPSA) is 61.7 Å². The van der Waals surface area contributed by atoms with E-state index in [-0.39, 0.29) is 18.1 Å². The average Bonchev–Trinajstić information content (AvgIpc) is 2.66. The van der Waals surface area contributed by atoms with Crippen molar-refractivity contribution < 1.29 is 9.90 Å². The van der Waals surface area contributed by atoms with E-state index in [0.717, 1.165) is 46.0 Å². The molecule has 1 aliphatic carbocycles. The van der Waals surface area contributed by atoms with Gasteiger partial charge in [0.1, 0.15) is 5.75 Å². The van der Waals surface area contributed by atoms with E-state index >= 15 is 0 Å². The molecule has 1 atom stereocenters. The number of phenolic OH excluding ortho intramolecular Hbond substituents is 1. The lowest BCUT2D eigenvalue weighted by Crippen LogP contribution is -2.25. The van der Waals surface area contributed by atoms with Crippen molar-refractivity contribution in [3.8, 4) is 5.75 Å². The van der Waals surface area contributed by atoms with E-state index in [4.69, 9.17) is 0 Å². The van der Waals surface area contributed by atoms with Crippen LogP contribution in [0.15, 0.2) is 65.8 Å². The summed E-state index contributed by atoms with van der Waals surface area (Å²) in [5.41, 5.74) is 6.68. The summed E-state index contributed by atoms with van der Waals surface area (Å²) in [6.45, 7) is 2.15. The first-order valence-electron chi connectivity index (χ1n) is 9.24. The maximum Gasteiger partial charge on any atom is 0.244 e. The predicted molar refractivity (Wildman–Crippen MR) is 108 cm³/mol. The van der Waals surface area contributed by atoms with E-state index in [1.54, 1.807) is 12.1 Å². The van der Waals surface area contributed by atoms with Crippen LogP contribution >= 0.6 is 0 Å². The van der Waals surface area contributed by atoms with Gasteiger partial charge < -0.3 is 5.11 Å². The Balaban J connectivity index is 1.54. The lowest BCUT2D eigenvalue weighted by molar-refractivity contribution is -0.120. The van der Waals surface area contributed by atoms with Crippen LogP contribution in [0.4, 0.5) is 0 Å². The normalized spacial score (nSPS) is 17.7. The van der Waals surface area contributed by atoms with Crippen molar-refractivity contribution in [3.05, 3.63) is 77.4 Å². The number of aromatic hydroxyl groups is 1. The number of hydrogen-bond donors (Lipinski definition) is 2. The van der Waals surface area contributed by atoms with Gasteiger partial charge in [-0.1, -0.05) is 49.4 Å². The first-order chi connectivity index (χ1) is 13.1. The molecule has 136 valence electrons. The third-order valence-corrected chi connectivity index (χ3v) is 5.06. The second-order valence-electron chi connectivity index (χ2n) is 7.26. The Kier molecular flexibility index (Phi) is 4.63. The third-order valence-electron chi connectivity index (χ3n) is 5.06. The first kappa shape index (κ1) is 17.3. The van der Waals surface area contributed by atoms with Crippen molar-refractivity contribution in [3.63, 3.8) is 0 Å². The Hall–Kier alpha value is -3.14. The van der Waals surface area contributed by atoms with Gasteiger partial charge in [-0.3, -0.25) is 4.79 Å². The standard InChI is InChI=1S/C23H22N2O2/c1-15-11-18-13-19(26)9-10-21(18)22(12-15)24-25-23(27)14-17-7-4-6-16-5-2-3-8-20(16)17/h2-10,13,15,26H,11-12,14H2,1H3,(H,25,27)/t15-/m0/s1. The lowest BCUT2D eigenvalue weighted by atomic mass is 9.83. The molecule has 27 heavy (non-hydrogen) atoms. The van der Waals surface area contributed by atoms with Crippen LogP contribution in [0.1, 0.15) is 30.0 Å². The quantitative estimate of drug-likeness (QED) is 0.690. The second-order valence-corrected chi connectivity index (χ2v) is 7.26. The van der Waals surface area contributed by atoms with Gasteiger partial charge >= 0.3 is 0 Å². The number of amides is 1. The summed E-state index contributed by atoms with van der Waals surface area (Å²) in [4.78, 5) is 12.5. The van der Waals surface area contributed by atoms with Crippen LogP contribution < -0.4 is 5.43 Å². The van der Waals surface area contributed by atoms with Crippen LogP contribution in [0.2, 0.25) is 0 Å². The molecule has 0 fully saturated rings.